The fourth-order valence-electron chi connectivity index (χ4n) is 4.75. The molecule has 4 rings (SSSR count). The quantitative estimate of drug-likeness (QED) is 0.797. The molecule has 2 bridgehead atoms. The molecule has 0 N–H and O–H groups in total. The smallest absolute Gasteiger partial charge is 0.108 e. The lowest BCUT2D eigenvalue weighted by atomic mass is 9.86. The zero-order valence-electron chi connectivity index (χ0n) is 17.1. The van der Waals surface area contributed by atoms with Crippen molar-refractivity contribution in [1.82, 2.24) is 19.9 Å². The summed E-state index contributed by atoms with van der Waals surface area (Å²) in [6, 6.07) is 11.0. The van der Waals surface area contributed by atoms with Gasteiger partial charge in [0.2, 0.25) is 0 Å². The molecule has 0 saturated carbocycles. The van der Waals surface area contributed by atoms with Gasteiger partial charge >= 0.3 is 0 Å². The van der Waals surface area contributed by atoms with Gasteiger partial charge in [0, 0.05) is 25.7 Å². The van der Waals surface area contributed by atoms with Crippen molar-refractivity contribution in [3.63, 3.8) is 0 Å². The number of piperidine rings is 1. The monoisotopic (exact) mass is 368 g/mol. The topological polar surface area (TPSA) is 43.2 Å². The maximum absolute atomic E-state index is 5.17. The van der Waals surface area contributed by atoms with Crippen LogP contribution in [0.3, 0.4) is 0 Å². The fourth-order valence-corrected chi connectivity index (χ4v) is 4.75. The standard InChI is InChI=1S/C22H32N4O/c1-22(2,3)17-7-5-16(6-8-17)13-25-19-9-10-20(25)12-21(11-19)26-14-18(15-27-4)23-24-26/h5-8,14,19-21H,9-13,15H2,1-4H3. The number of aromatic nitrogens is 3. The Bertz CT molecular complexity index is 747. The van der Waals surface area contributed by atoms with Gasteiger partial charge in [0.25, 0.3) is 0 Å². The first-order valence-corrected chi connectivity index (χ1v) is 10.2. The van der Waals surface area contributed by atoms with Crippen molar-refractivity contribution < 1.29 is 4.74 Å². The van der Waals surface area contributed by atoms with Crippen molar-refractivity contribution in [2.75, 3.05) is 7.11 Å². The predicted molar refractivity (Wildman–Crippen MR) is 107 cm³/mol. The lowest BCUT2D eigenvalue weighted by molar-refractivity contribution is 0.0944. The summed E-state index contributed by atoms with van der Waals surface area (Å²) >= 11 is 0. The van der Waals surface area contributed by atoms with Gasteiger partial charge in [-0.05, 0) is 42.2 Å². The van der Waals surface area contributed by atoms with Crippen LogP contribution in [0.4, 0.5) is 0 Å². The molecule has 27 heavy (non-hydrogen) atoms. The first kappa shape index (κ1) is 18.6. The predicted octanol–water partition coefficient (Wildman–Crippen LogP) is 4.09. The summed E-state index contributed by atoms with van der Waals surface area (Å²) in [5.41, 5.74) is 3.98. The molecule has 3 heterocycles. The van der Waals surface area contributed by atoms with Gasteiger partial charge in [-0.15, -0.1) is 5.10 Å². The highest BCUT2D eigenvalue weighted by Crippen LogP contribution is 2.41. The van der Waals surface area contributed by atoms with Gasteiger partial charge in [-0.25, -0.2) is 4.68 Å². The minimum absolute atomic E-state index is 0.218. The molecule has 2 saturated heterocycles. The van der Waals surface area contributed by atoms with Crippen molar-refractivity contribution in [2.24, 2.45) is 0 Å². The highest BCUT2D eigenvalue weighted by molar-refractivity contribution is 5.27. The van der Waals surface area contributed by atoms with Crippen molar-refractivity contribution in [3.05, 3.63) is 47.3 Å². The minimum atomic E-state index is 0.218. The molecule has 2 aromatic rings. The molecule has 0 spiro atoms. The number of hydrogen-bond acceptors (Lipinski definition) is 4. The summed E-state index contributed by atoms with van der Waals surface area (Å²) in [5, 5.41) is 8.61. The Balaban J connectivity index is 1.42. The van der Waals surface area contributed by atoms with E-state index < -0.39 is 0 Å². The van der Waals surface area contributed by atoms with Crippen LogP contribution in [-0.4, -0.2) is 39.1 Å². The van der Waals surface area contributed by atoms with Crippen molar-refractivity contribution in [1.29, 1.82) is 0 Å². The number of ether oxygens (including phenoxy) is 1. The molecule has 0 amide bonds. The molecule has 2 fully saturated rings. The highest BCUT2D eigenvalue weighted by Gasteiger charge is 2.41. The van der Waals surface area contributed by atoms with Crippen LogP contribution in [0.25, 0.3) is 0 Å². The van der Waals surface area contributed by atoms with Crippen LogP contribution in [0.15, 0.2) is 30.5 Å². The molecule has 2 aliphatic heterocycles. The van der Waals surface area contributed by atoms with E-state index in [1.54, 1.807) is 7.11 Å². The Hall–Kier alpha value is -1.72. The van der Waals surface area contributed by atoms with E-state index >= 15 is 0 Å². The molecular formula is C22H32N4O. The summed E-state index contributed by atoms with van der Waals surface area (Å²) in [6.07, 6.45) is 7.02. The molecule has 1 aromatic heterocycles. The summed E-state index contributed by atoms with van der Waals surface area (Å²) < 4.78 is 7.25. The average Bonchev–Trinajstić information content (AvgIpc) is 3.17. The molecule has 5 nitrogen and oxygen atoms in total. The van der Waals surface area contributed by atoms with E-state index in [4.69, 9.17) is 4.74 Å². The third-order valence-electron chi connectivity index (χ3n) is 6.27. The molecular weight excluding hydrogens is 336 g/mol. The highest BCUT2D eigenvalue weighted by atomic mass is 16.5. The van der Waals surface area contributed by atoms with Crippen LogP contribution < -0.4 is 0 Å². The second kappa shape index (κ2) is 7.36. The minimum Gasteiger partial charge on any atom is -0.378 e. The van der Waals surface area contributed by atoms with Gasteiger partial charge in [-0.2, -0.15) is 0 Å². The Kier molecular flexibility index (Phi) is 5.08. The SMILES string of the molecule is COCc1cn(C2CC3CCC(C2)N3Cc2ccc(C(C)(C)C)cc2)nn1. The van der Waals surface area contributed by atoms with Crippen molar-refractivity contribution in [3.8, 4) is 0 Å². The van der Waals surface area contributed by atoms with Gasteiger partial charge in [-0.1, -0.05) is 50.3 Å². The van der Waals surface area contributed by atoms with E-state index in [0.29, 0.717) is 24.7 Å². The van der Waals surface area contributed by atoms with Crippen molar-refractivity contribution >= 4 is 0 Å². The molecule has 5 heteroatoms. The van der Waals surface area contributed by atoms with Crippen LogP contribution in [0, 0.1) is 0 Å². The summed E-state index contributed by atoms with van der Waals surface area (Å²) in [7, 11) is 1.70. The number of methoxy groups -OCH3 is 1. The molecule has 2 aliphatic rings. The number of hydrogen-bond donors (Lipinski definition) is 0. The first-order chi connectivity index (χ1) is 12.9. The summed E-state index contributed by atoms with van der Waals surface area (Å²) in [5.74, 6) is 0. The van der Waals surface area contributed by atoms with E-state index in [0.717, 1.165) is 12.2 Å². The largest absolute Gasteiger partial charge is 0.378 e. The number of benzene rings is 1. The van der Waals surface area contributed by atoms with E-state index in [1.165, 1.54) is 36.8 Å². The van der Waals surface area contributed by atoms with Gasteiger partial charge in [0.05, 0.1) is 18.8 Å². The van der Waals surface area contributed by atoms with Crippen LogP contribution >= 0.6 is 0 Å². The number of rotatable bonds is 5. The van der Waals surface area contributed by atoms with Crippen molar-refractivity contribution in [2.45, 2.75) is 83.1 Å². The molecule has 2 atom stereocenters. The van der Waals surface area contributed by atoms with Gasteiger partial charge in [0.15, 0.2) is 0 Å². The maximum Gasteiger partial charge on any atom is 0.108 e. The molecule has 2 unspecified atom stereocenters. The third-order valence-corrected chi connectivity index (χ3v) is 6.27. The molecule has 0 radical (unpaired) electrons. The van der Waals surface area contributed by atoms with Crippen LogP contribution in [0.1, 0.15) is 69.3 Å². The van der Waals surface area contributed by atoms with Gasteiger partial charge in [-0.3, -0.25) is 4.90 Å². The average molecular weight is 369 g/mol. The lowest BCUT2D eigenvalue weighted by Crippen LogP contribution is -2.43. The summed E-state index contributed by atoms with van der Waals surface area (Å²) in [6.45, 7) is 8.43. The second-order valence-corrected chi connectivity index (χ2v) is 9.25. The normalized spacial score (nSPS) is 25.9. The van der Waals surface area contributed by atoms with E-state index in [9.17, 15) is 0 Å². The fraction of sp³-hybridized carbons (Fsp3) is 0.636. The van der Waals surface area contributed by atoms with E-state index in [1.807, 2.05) is 0 Å². The lowest BCUT2D eigenvalue weighted by Gasteiger charge is -2.39. The van der Waals surface area contributed by atoms with Crippen LogP contribution in [-0.2, 0) is 23.3 Å². The Morgan fingerprint density at radius 2 is 1.70 bits per heavy atom. The molecule has 1 aromatic carbocycles. The van der Waals surface area contributed by atoms with E-state index in [-0.39, 0.29) is 5.41 Å². The van der Waals surface area contributed by atoms with Crippen LogP contribution in [0.2, 0.25) is 0 Å². The second-order valence-electron chi connectivity index (χ2n) is 9.25. The summed E-state index contributed by atoms with van der Waals surface area (Å²) in [4.78, 5) is 2.73. The Morgan fingerprint density at radius 3 is 2.30 bits per heavy atom. The number of fused-ring (bicyclic) bond motifs is 2. The van der Waals surface area contributed by atoms with Gasteiger partial charge in [0.1, 0.15) is 5.69 Å². The zero-order chi connectivity index (χ0) is 19.0. The maximum atomic E-state index is 5.17. The molecule has 0 aliphatic carbocycles. The molecule has 146 valence electrons. The Labute approximate surface area is 162 Å². The van der Waals surface area contributed by atoms with Gasteiger partial charge < -0.3 is 4.74 Å². The third kappa shape index (κ3) is 3.94. The van der Waals surface area contributed by atoms with E-state index in [2.05, 4.69) is 71.1 Å². The zero-order valence-corrected chi connectivity index (χ0v) is 17.1. The van der Waals surface area contributed by atoms with Crippen LogP contribution in [0.5, 0.6) is 0 Å². The first-order valence-electron chi connectivity index (χ1n) is 10.2. The Morgan fingerprint density at radius 1 is 1.04 bits per heavy atom. The number of nitrogens with zero attached hydrogens (tertiary/aromatic N) is 4.